The molecule has 0 radical (unpaired) electrons. The lowest BCUT2D eigenvalue weighted by Crippen LogP contribution is -2.20. The van der Waals surface area contributed by atoms with E-state index in [0.29, 0.717) is 22.9 Å². The van der Waals surface area contributed by atoms with Crippen molar-refractivity contribution in [1.82, 2.24) is 15.0 Å². The summed E-state index contributed by atoms with van der Waals surface area (Å²) in [6, 6.07) is 7.67. The van der Waals surface area contributed by atoms with Gasteiger partial charge in [-0.2, -0.15) is 0 Å². The molecular weight excluding hydrogens is 351 g/mol. The Labute approximate surface area is 155 Å². The van der Waals surface area contributed by atoms with E-state index in [1.165, 1.54) is 32.5 Å². The van der Waals surface area contributed by atoms with Gasteiger partial charge in [-0.15, -0.1) is 0 Å². The summed E-state index contributed by atoms with van der Waals surface area (Å²) in [6.07, 6.45) is 6.24. The lowest BCUT2D eigenvalue weighted by molar-refractivity contribution is 0.0600. The summed E-state index contributed by atoms with van der Waals surface area (Å²) in [5.74, 6) is 0.317. The summed E-state index contributed by atoms with van der Waals surface area (Å²) in [7, 11) is 2.78. The number of nitrogens with zero attached hydrogens (tertiary/aromatic N) is 4. The van der Waals surface area contributed by atoms with E-state index in [0.717, 1.165) is 6.07 Å². The molecule has 1 aromatic carbocycles. The standard InChI is InChI=1S/C19H17FN4O3/c1-26-16-4-3-7-23-18(16)24(17-11-21-8-9-22-17)12-14-6-5-13(10-15(14)20)19(25)27-2/h3-11H,12H2,1-2H3. The number of benzene rings is 1. The Morgan fingerprint density at radius 3 is 2.67 bits per heavy atom. The van der Waals surface area contributed by atoms with E-state index >= 15 is 0 Å². The van der Waals surface area contributed by atoms with Crippen molar-refractivity contribution in [3.63, 3.8) is 0 Å². The number of pyridine rings is 1. The molecule has 0 spiro atoms. The van der Waals surface area contributed by atoms with Crippen molar-refractivity contribution in [2.75, 3.05) is 19.1 Å². The summed E-state index contributed by atoms with van der Waals surface area (Å²) in [5.41, 5.74) is 0.487. The number of carbonyl (C=O) groups is 1. The van der Waals surface area contributed by atoms with Crippen LogP contribution in [0.2, 0.25) is 0 Å². The number of aromatic nitrogens is 3. The Bertz CT molecular complexity index is 937. The molecule has 7 nitrogen and oxygen atoms in total. The summed E-state index contributed by atoms with van der Waals surface area (Å²) in [5, 5.41) is 0. The van der Waals surface area contributed by atoms with Gasteiger partial charge in [0.05, 0.1) is 32.5 Å². The van der Waals surface area contributed by atoms with E-state index in [2.05, 4.69) is 19.7 Å². The van der Waals surface area contributed by atoms with Crippen molar-refractivity contribution < 1.29 is 18.7 Å². The molecule has 8 heteroatoms. The summed E-state index contributed by atoms with van der Waals surface area (Å²) in [6.45, 7) is 0.110. The van der Waals surface area contributed by atoms with Crippen LogP contribution in [0.25, 0.3) is 0 Å². The smallest absolute Gasteiger partial charge is 0.337 e. The van der Waals surface area contributed by atoms with Crippen LogP contribution in [0.5, 0.6) is 5.75 Å². The number of hydrogen-bond acceptors (Lipinski definition) is 7. The quantitative estimate of drug-likeness (QED) is 0.619. The summed E-state index contributed by atoms with van der Waals surface area (Å²) >= 11 is 0. The lowest BCUT2D eigenvalue weighted by atomic mass is 10.1. The number of rotatable bonds is 6. The van der Waals surface area contributed by atoms with Crippen LogP contribution in [0.4, 0.5) is 16.0 Å². The van der Waals surface area contributed by atoms with E-state index in [-0.39, 0.29) is 12.1 Å². The molecule has 2 aromatic heterocycles. The zero-order valence-electron chi connectivity index (χ0n) is 14.8. The minimum Gasteiger partial charge on any atom is -0.493 e. The number of esters is 1. The minimum absolute atomic E-state index is 0.110. The summed E-state index contributed by atoms with van der Waals surface area (Å²) in [4.78, 5) is 26.0. The molecule has 138 valence electrons. The highest BCUT2D eigenvalue weighted by Crippen LogP contribution is 2.32. The average molecular weight is 368 g/mol. The molecule has 0 amide bonds. The van der Waals surface area contributed by atoms with Crippen LogP contribution < -0.4 is 9.64 Å². The second-order valence-corrected chi connectivity index (χ2v) is 5.48. The first-order valence-electron chi connectivity index (χ1n) is 8.03. The Hall–Kier alpha value is -3.55. The molecule has 0 saturated heterocycles. The van der Waals surface area contributed by atoms with Gasteiger partial charge < -0.3 is 14.4 Å². The van der Waals surface area contributed by atoms with E-state index in [1.807, 2.05) is 0 Å². The van der Waals surface area contributed by atoms with Gasteiger partial charge in [-0.1, -0.05) is 6.07 Å². The molecule has 0 aliphatic heterocycles. The molecule has 3 aromatic rings. The molecule has 0 fully saturated rings. The van der Waals surface area contributed by atoms with Crippen LogP contribution in [0, 0.1) is 5.82 Å². The van der Waals surface area contributed by atoms with Crippen molar-refractivity contribution in [1.29, 1.82) is 0 Å². The van der Waals surface area contributed by atoms with Crippen LogP contribution in [-0.4, -0.2) is 35.1 Å². The predicted octanol–water partition coefficient (Wildman–Crippen LogP) is 3.14. The van der Waals surface area contributed by atoms with Crippen LogP contribution in [0.3, 0.4) is 0 Å². The molecule has 0 saturated carbocycles. The van der Waals surface area contributed by atoms with Crippen LogP contribution in [0.1, 0.15) is 15.9 Å². The van der Waals surface area contributed by atoms with Crippen molar-refractivity contribution in [2.24, 2.45) is 0 Å². The molecule has 0 aliphatic rings. The van der Waals surface area contributed by atoms with E-state index in [4.69, 9.17) is 4.74 Å². The molecule has 2 heterocycles. The molecule has 0 unspecified atom stereocenters. The largest absolute Gasteiger partial charge is 0.493 e. The van der Waals surface area contributed by atoms with Gasteiger partial charge in [0.15, 0.2) is 17.4 Å². The van der Waals surface area contributed by atoms with Gasteiger partial charge in [-0.25, -0.2) is 19.2 Å². The molecule has 0 N–H and O–H groups in total. The van der Waals surface area contributed by atoms with E-state index < -0.39 is 11.8 Å². The fourth-order valence-corrected chi connectivity index (χ4v) is 2.53. The van der Waals surface area contributed by atoms with Gasteiger partial charge in [-0.3, -0.25) is 4.98 Å². The number of halogens is 1. The topological polar surface area (TPSA) is 77.4 Å². The van der Waals surface area contributed by atoms with Crippen molar-refractivity contribution in [3.05, 3.63) is 72.1 Å². The maximum absolute atomic E-state index is 14.6. The van der Waals surface area contributed by atoms with Crippen molar-refractivity contribution >= 4 is 17.6 Å². The normalized spacial score (nSPS) is 10.3. The predicted molar refractivity (Wildman–Crippen MR) is 96.4 cm³/mol. The van der Waals surface area contributed by atoms with Crippen molar-refractivity contribution in [2.45, 2.75) is 6.54 Å². The second-order valence-electron chi connectivity index (χ2n) is 5.48. The lowest BCUT2D eigenvalue weighted by Gasteiger charge is -2.24. The van der Waals surface area contributed by atoms with Crippen LogP contribution >= 0.6 is 0 Å². The van der Waals surface area contributed by atoms with Gasteiger partial charge in [0.2, 0.25) is 0 Å². The van der Waals surface area contributed by atoms with Crippen LogP contribution in [-0.2, 0) is 11.3 Å². The Balaban J connectivity index is 2.01. The number of carbonyl (C=O) groups excluding carboxylic acids is 1. The highest BCUT2D eigenvalue weighted by molar-refractivity contribution is 5.89. The highest BCUT2D eigenvalue weighted by atomic mass is 19.1. The fourth-order valence-electron chi connectivity index (χ4n) is 2.53. The average Bonchev–Trinajstić information content (AvgIpc) is 2.73. The SMILES string of the molecule is COC(=O)c1ccc(CN(c2cnccn2)c2ncccc2OC)c(F)c1. The van der Waals surface area contributed by atoms with Gasteiger partial charge in [0.25, 0.3) is 0 Å². The first-order chi connectivity index (χ1) is 13.1. The Morgan fingerprint density at radius 2 is 2.00 bits per heavy atom. The van der Waals surface area contributed by atoms with Gasteiger partial charge in [0.1, 0.15) is 5.82 Å². The third-order valence-corrected chi connectivity index (χ3v) is 3.86. The maximum atomic E-state index is 14.6. The second kappa shape index (κ2) is 8.22. The van der Waals surface area contributed by atoms with E-state index in [1.54, 1.807) is 35.6 Å². The molecular formula is C19H17FN4O3. The maximum Gasteiger partial charge on any atom is 0.337 e. The molecule has 0 bridgehead atoms. The number of anilines is 2. The van der Waals surface area contributed by atoms with Crippen molar-refractivity contribution in [3.8, 4) is 5.75 Å². The monoisotopic (exact) mass is 368 g/mol. The Kier molecular flexibility index (Phi) is 5.55. The number of hydrogen-bond donors (Lipinski definition) is 0. The molecule has 27 heavy (non-hydrogen) atoms. The third kappa shape index (κ3) is 4.00. The minimum atomic E-state index is -0.599. The fraction of sp³-hybridized carbons (Fsp3) is 0.158. The first-order valence-corrected chi connectivity index (χ1v) is 8.03. The summed E-state index contributed by atoms with van der Waals surface area (Å²) < 4.78 is 24.6. The molecule has 3 rings (SSSR count). The number of methoxy groups -OCH3 is 2. The zero-order chi connectivity index (χ0) is 19.2. The Morgan fingerprint density at radius 1 is 1.15 bits per heavy atom. The number of ether oxygens (including phenoxy) is 2. The van der Waals surface area contributed by atoms with E-state index in [9.17, 15) is 9.18 Å². The zero-order valence-corrected chi connectivity index (χ0v) is 14.8. The molecule has 0 aliphatic carbocycles. The van der Waals surface area contributed by atoms with Gasteiger partial charge in [-0.05, 0) is 24.3 Å². The van der Waals surface area contributed by atoms with Gasteiger partial charge in [0, 0.05) is 24.2 Å². The van der Waals surface area contributed by atoms with Crippen LogP contribution in [0.15, 0.2) is 55.1 Å². The molecule has 0 atom stereocenters. The first kappa shape index (κ1) is 18.2. The third-order valence-electron chi connectivity index (χ3n) is 3.86. The van der Waals surface area contributed by atoms with Gasteiger partial charge >= 0.3 is 5.97 Å². The highest BCUT2D eigenvalue weighted by Gasteiger charge is 2.20.